The smallest absolute Gasteiger partial charge is 0.340 e. The Labute approximate surface area is 124 Å². The molecule has 120 valence electrons. The highest BCUT2D eigenvalue weighted by Gasteiger charge is 2.16. The third-order valence-electron chi connectivity index (χ3n) is 3.77. The van der Waals surface area contributed by atoms with E-state index < -0.39 is 12.1 Å². The molecular weight excluding hydrogens is 255 g/mol. The SMILES string of the molecule is CCCCCCCCCCCCCCC(F)C(=O)OC. The molecule has 0 spiro atoms. The van der Waals surface area contributed by atoms with E-state index in [2.05, 4.69) is 11.7 Å². The van der Waals surface area contributed by atoms with E-state index in [-0.39, 0.29) is 0 Å². The Hall–Kier alpha value is -0.600. The predicted molar refractivity (Wildman–Crippen MR) is 82.6 cm³/mol. The molecule has 0 saturated carbocycles. The van der Waals surface area contributed by atoms with Gasteiger partial charge < -0.3 is 4.74 Å². The molecule has 20 heavy (non-hydrogen) atoms. The highest BCUT2D eigenvalue weighted by molar-refractivity contribution is 5.74. The first-order chi connectivity index (χ1) is 9.72. The molecular formula is C17H33FO2. The summed E-state index contributed by atoms with van der Waals surface area (Å²) in [6.45, 7) is 2.25. The van der Waals surface area contributed by atoms with Gasteiger partial charge in [-0.15, -0.1) is 0 Å². The third-order valence-corrected chi connectivity index (χ3v) is 3.77. The Bertz CT molecular complexity index is 219. The normalized spacial score (nSPS) is 12.3. The minimum Gasteiger partial charge on any atom is -0.467 e. The van der Waals surface area contributed by atoms with Crippen LogP contribution in [-0.4, -0.2) is 19.3 Å². The monoisotopic (exact) mass is 288 g/mol. The van der Waals surface area contributed by atoms with Gasteiger partial charge in [-0.2, -0.15) is 0 Å². The lowest BCUT2D eigenvalue weighted by Crippen LogP contribution is -2.16. The number of carbonyl (C=O) groups excluding carboxylic acids is 1. The molecule has 0 N–H and O–H groups in total. The van der Waals surface area contributed by atoms with Crippen LogP contribution in [0.2, 0.25) is 0 Å². The molecule has 1 unspecified atom stereocenters. The minimum atomic E-state index is -1.43. The molecule has 0 amide bonds. The van der Waals surface area contributed by atoms with Gasteiger partial charge in [0, 0.05) is 0 Å². The van der Waals surface area contributed by atoms with Crippen molar-refractivity contribution in [3.05, 3.63) is 0 Å². The zero-order chi connectivity index (χ0) is 15.1. The van der Waals surface area contributed by atoms with Crippen LogP contribution in [0.15, 0.2) is 0 Å². The molecule has 0 aliphatic rings. The van der Waals surface area contributed by atoms with Gasteiger partial charge in [0.05, 0.1) is 7.11 Å². The molecule has 0 rings (SSSR count). The van der Waals surface area contributed by atoms with Crippen LogP contribution in [0.3, 0.4) is 0 Å². The lowest BCUT2D eigenvalue weighted by molar-refractivity contribution is -0.146. The fraction of sp³-hybridized carbons (Fsp3) is 0.941. The molecule has 0 saturated heterocycles. The molecule has 0 radical (unpaired) electrons. The number of esters is 1. The number of hydrogen-bond donors (Lipinski definition) is 0. The van der Waals surface area contributed by atoms with Crippen LogP contribution in [-0.2, 0) is 9.53 Å². The van der Waals surface area contributed by atoms with Gasteiger partial charge in [-0.05, 0) is 12.8 Å². The highest BCUT2D eigenvalue weighted by Crippen LogP contribution is 2.13. The molecule has 2 nitrogen and oxygen atoms in total. The van der Waals surface area contributed by atoms with Crippen molar-refractivity contribution in [1.82, 2.24) is 0 Å². The van der Waals surface area contributed by atoms with Gasteiger partial charge in [0.25, 0.3) is 0 Å². The number of ether oxygens (including phenoxy) is 1. The lowest BCUT2D eigenvalue weighted by atomic mass is 10.0. The summed E-state index contributed by atoms with van der Waals surface area (Å²) < 4.78 is 17.5. The topological polar surface area (TPSA) is 26.3 Å². The fourth-order valence-electron chi connectivity index (χ4n) is 2.41. The number of hydrogen-bond acceptors (Lipinski definition) is 2. The molecule has 0 aromatic rings. The Morgan fingerprint density at radius 1 is 0.850 bits per heavy atom. The van der Waals surface area contributed by atoms with Crippen molar-refractivity contribution in [2.24, 2.45) is 0 Å². The highest BCUT2D eigenvalue weighted by atomic mass is 19.1. The van der Waals surface area contributed by atoms with Gasteiger partial charge in [-0.1, -0.05) is 77.6 Å². The average Bonchev–Trinajstić information content (AvgIpc) is 2.47. The molecule has 0 aromatic heterocycles. The van der Waals surface area contributed by atoms with Crippen molar-refractivity contribution in [3.63, 3.8) is 0 Å². The minimum absolute atomic E-state index is 0.310. The van der Waals surface area contributed by atoms with E-state index in [1.54, 1.807) is 0 Å². The third kappa shape index (κ3) is 12.4. The number of alkyl halides is 1. The zero-order valence-electron chi connectivity index (χ0n) is 13.5. The van der Waals surface area contributed by atoms with Crippen LogP contribution in [0.4, 0.5) is 4.39 Å². The lowest BCUT2D eigenvalue weighted by Gasteiger charge is -2.05. The summed E-state index contributed by atoms with van der Waals surface area (Å²) in [4.78, 5) is 10.8. The summed E-state index contributed by atoms with van der Waals surface area (Å²) in [7, 11) is 1.23. The Balaban J connectivity index is 3.11. The summed E-state index contributed by atoms with van der Waals surface area (Å²) >= 11 is 0. The quantitative estimate of drug-likeness (QED) is 0.308. The Morgan fingerprint density at radius 3 is 1.65 bits per heavy atom. The zero-order valence-corrected chi connectivity index (χ0v) is 13.5. The molecule has 0 aliphatic carbocycles. The summed E-state index contributed by atoms with van der Waals surface area (Å²) in [6.07, 6.45) is 13.9. The fourth-order valence-corrected chi connectivity index (χ4v) is 2.41. The van der Waals surface area contributed by atoms with Gasteiger partial charge in [0.15, 0.2) is 6.17 Å². The van der Waals surface area contributed by atoms with Crippen molar-refractivity contribution in [3.8, 4) is 0 Å². The second kappa shape index (κ2) is 14.8. The van der Waals surface area contributed by atoms with E-state index >= 15 is 0 Å². The number of unbranched alkanes of at least 4 members (excludes halogenated alkanes) is 11. The van der Waals surface area contributed by atoms with Crippen LogP contribution in [0.1, 0.15) is 90.4 Å². The number of carbonyl (C=O) groups is 1. The molecule has 0 aromatic carbocycles. The molecule has 0 heterocycles. The maximum atomic E-state index is 13.1. The van der Waals surface area contributed by atoms with Crippen molar-refractivity contribution >= 4 is 5.97 Å². The van der Waals surface area contributed by atoms with Crippen LogP contribution in [0, 0.1) is 0 Å². The first-order valence-corrected chi connectivity index (χ1v) is 8.44. The number of rotatable bonds is 14. The van der Waals surface area contributed by atoms with Crippen molar-refractivity contribution in [1.29, 1.82) is 0 Å². The first-order valence-electron chi connectivity index (χ1n) is 8.44. The number of methoxy groups -OCH3 is 1. The van der Waals surface area contributed by atoms with Crippen molar-refractivity contribution in [2.75, 3.05) is 7.11 Å². The van der Waals surface area contributed by atoms with Gasteiger partial charge in [-0.25, -0.2) is 9.18 Å². The molecule has 1 atom stereocenters. The van der Waals surface area contributed by atoms with Crippen molar-refractivity contribution < 1.29 is 13.9 Å². The van der Waals surface area contributed by atoms with E-state index in [1.165, 1.54) is 64.9 Å². The largest absolute Gasteiger partial charge is 0.467 e. The molecule has 0 fully saturated rings. The van der Waals surface area contributed by atoms with E-state index in [0.717, 1.165) is 19.3 Å². The second-order valence-corrected chi connectivity index (χ2v) is 5.67. The number of halogens is 1. The molecule has 3 heteroatoms. The second-order valence-electron chi connectivity index (χ2n) is 5.67. The standard InChI is InChI=1S/C17H33FO2/c1-3-4-5-6-7-8-9-10-11-12-13-14-15-16(18)17(19)20-2/h16H,3-15H2,1-2H3. The van der Waals surface area contributed by atoms with Crippen molar-refractivity contribution in [2.45, 2.75) is 96.6 Å². The van der Waals surface area contributed by atoms with Gasteiger partial charge >= 0.3 is 5.97 Å². The summed E-state index contributed by atoms with van der Waals surface area (Å²) in [6, 6.07) is 0. The summed E-state index contributed by atoms with van der Waals surface area (Å²) in [5.74, 6) is -0.729. The predicted octanol–water partition coefficient (Wildman–Crippen LogP) is 5.59. The van der Waals surface area contributed by atoms with Gasteiger partial charge in [0.2, 0.25) is 0 Å². The average molecular weight is 288 g/mol. The maximum absolute atomic E-state index is 13.1. The van der Waals surface area contributed by atoms with E-state index in [0.29, 0.717) is 6.42 Å². The van der Waals surface area contributed by atoms with E-state index in [1.807, 2.05) is 0 Å². The van der Waals surface area contributed by atoms with E-state index in [4.69, 9.17) is 0 Å². The summed E-state index contributed by atoms with van der Waals surface area (Å²) in [5, 5.41) is 0. The molecule has 0 bridgehead atoms. The van der Waals surface area contributed by atoms with Crippen LogP contribution in [0.25, 0.3) is 0 Å². The Kier molecular flexibility index (Phi) is 14.4. The first kappa shape index (κ1) is 19.4. The maximum Gasteiger partial charge on any atom is 0.340 e. The molecule has 0 aliphatic heterocycles. The van der Waals surface area contributed by atoms with Crippen LogP contribution >= 0.6 is 0 Å². The van der Waals surface area contributed by atoms with Crippen LogP contribution in [0.5, 0.6) is 0 Å². The Morgan fingerprint density at radius 2 is 1.25 bits per heavy atom. The van der Waals surface area contributed by atoms with Gasteiger partial charge in [0.1, 0.15) is 0 Å². The van der Waals surface area contributed by atoms with E-state index in [9.17, 15) is 9.18 Å². The van der Waals surface area contributed by atoms with Crippen LogP contribution < -0.4 is 0 Å². The van der Waals surface area contributed by atoms with Gasteiger partial charge in [-0.3, -0.25) is 0 Å². The summed E-state index contributed by atoms with van der Waals surface area (Å²) in [5.41, 5.74) is 0.